The van der Waals surface area contributed by atoms with E-state index in [-0.39, 0.29) is 0 Å². The largest absolute Gasteiger partial charge is 0.478 e. The Morgan fingerprint density at radius 3 is 2.64 bits per heavy atom. The summed E-state index contributed by atoms with van der Waals surface area (Å²) < 4.78 is 0. The van der Waals surface area contributed by atoms with Crippen LogP contribution in [-0.4, -0.2) is 11.1 Å². The number of aromatic carboxylic acids is 1. The molecule has 0 fully saturated rings. The van der Waals surface area contributed by atoms with Gasteiger partial charge in [-0.1, -0.05) is 6.07 Å². The number of rotatable bonds is 1. The van der Waals surface area contributed by atoms with Crippen LogP contribution in [0.5, 0.6) is 0 Å². The summed E-state index contributed by atoms with van der Waals surface area (Å²) in [7, 11) is 0. The quantitative estimate of drug-likeness (QED) is 0.661. The van der Waals surface area contributed by atoms with Crippen molar-refractivity contribution < 1.29 is 9.90 Å². The second kappa shape index (κ2) is 2.74. The van der Waals surface area contributed by atoms with Crippen molar-refractivity contribution in [3.8, 4) is 0 Å². The topological polar surface area (TPSA) is 37.3 Å². The van der Waals surface area contributed by atoms with E-state index in [1.54, 1.807) is 18.2 Å². The maximum absolute atomic E-state index is 10.4. The lowest BCUT2D eigenvalue weighted by atomic mass is 10.1. The van der Waals surface area contributed by atoms with Gasteiger partial charge in [0.2, 0.25) is 0 Å². The zero-order valence-corrected chi connectivity index (χ0v) is 6.29. The fraction of sp³-hybridized carbons (Fsp3) is 0.111. The Hall–Kier alpha value is -1.31. The Balaban J connectivity index is 3.15. The summed E-state index contributed by atoms with van der Waals surface area (Å²) in [5.74, 6) is -0.908. The highest BCUT2D eigenvalue weighted by Gasteiger charge is 2.02. The fourth-order valence-electron chi connectivity index (χ4n) is 0.804. The molecule has 2 nitrogen and oxygen atoms in total. The maximum atomic E-state index is 10.4. The average molecular weight is 149 g/mol. The molecule has 0 atom stereocenters. The Kier molecular flexibility index (Phi) is 1.94. The van der Waals surface area contributed by atoms with Crippen molar-refractivity contribution in [2.24, 2.45) is 0 Å². The van der Waals surface area contributed by atoms with E-state index in [1.165, 1.54) is 0 Å². The molecule has 0 aliphatic rings. The number of carbonyl (C=O) groups is 1. The van der Waals surface area contributed by atoms with Crippen LogP contribution in [0.3, 0.4) is 0 Å². The Morgan fingerprint density at radius 1 is 1.55 bits per heavy atom. The molecule has 1 radical (unpaired) electrons. The van der Waals surface area contributed by atoms with E-state index in [9.17, 15) is 4.79 Å². The molecular formula is C9H9O2. The molecule has 0 spiro atoms. The van der Waals surface area contributed by atoms with Crippen molar-refractivity contribution in [2.45, 2.75) is 6.92 Å². The number of hydrogen-bond donors (Lipinski definition) is 1. The van der Waals surface area contributed by atoms with Gasteiger partial charge in [0.05, 0.1) is 5.56 Å². The molecular weight excluding hydrogens is 140 g/mol. The normalized spacial score (nSPS) is 9.64. The number of carboxylic acid groups (broad SMARTS) is 1. The zero-order chi connectivity index (χ0) is 8.43. The van der Waals surface area contributed by atoms with E-state index in [2.05, 4.69) is 6.92 Å². The van der Waals surface area contributed by atoms with Crippen LogP contribution in [0.1, 0.15) is 21.5 Å². The lowest BCUT2D eigenvalue weighted by Crippen LogP contribution is -1.96. The molecule has 0 bridgehead atoms. The van der Waals surface area contributed by atoms with Crippen molar-refractivity contribution in [1.29, 1.82) is 0 Å². The molecule has 0 heterocycles. The highest BCUT2D eigenvalue weighted by Crippen LogP contribution is 2.09. The molecule has 1 aromatic carbocycles. The summed E-state index contributed by atoms with van der Waals surface area (Å²) in [4.78, 5) is 10.4. The van der Waals surface area contributed by atoms with Gasteiger partial charge in [-0.05, 0) is 37.1 Å². The van der Waals surface area contributed by atoms with Gasteiger partial charge >= 0.3 is 5.97 Å². The minimum Gasteiger partial charge on any atom is -0.478 e. The third-order valence-corrected chi connectivity index (χ3v) is 1.60. The van der Waals surface area contributed by atoms with Gasteiger partial charge in [-0.15, -0.1) is 0 Å². The second-order valence-corrected chi connectivity index (χ2v) is 2.45. The molecule has 0 aliphatic heterocycles. The maximum Gasteiger partial charge on any atom is 0.335 e. The van der Waals surface area contributed by atoms with Crippen LogP contribution in [0.2, 0.25) is 0 Å². The Labute approximate surface area is 65.5 Å². The summed E-state index contributed by atoms with van der Waals surface area (Å²) in [6.45, 7) is 5.60. The van der Waals surface area contributed by atoms with E-state index in [4.69, 9.17) is 5.11 Å². The molecule has 0 unspecified atom stereocenters. The molecule has 0 saturated heterocycles. The molecule has 0 aromatic heterocycles. The van der Waals surface area contributed by atoms with Crippen molar-refractivity contribution in [3.05, 3.63) is 41.8 Å². The number of benzene rings is 1. The number of aryl methyl sites for hydroxylation is 1. The summed E-state index contributed by atoms with van der Waals surface area (Å²) in [6.07, 6.45) is 0. The van der Waals surface area contributed by atoms with E-state index >= 15 is 0 Å². The Morgan fingerprint density at radius 2 is 2.18 bits per heavy atom. The zero-order valence-electron chi connectivity index (χ0n) is 6.29. The van der Waals surface area contributed by atoms with Gasteiger partial charge in [-0.2, -0.15) is 0 Å². The van der Waals surface area contributed by atoms with Crippen LogP contribution < -0.4 is 0 Å². The SMILES string of the molecule is [CH2]c1cc(C(=O)O)ccc1C. The molecule has 0 saturated carbocycles. The van der Waals surface area contributed by atoms with Gasteiger partial charge < -0.3 is 5.11 Å². The Bertz CT molecular complexity index is 290. The standard InChI is InChI=1S/C9H9O2/c1-6-3-4-8(9(10)11)5-7(6)2/h3-5H,2H2,1H3,(H,10,11). The first-order valence-electron chi connectivity index (χ1n) is 3.27. The summed E-state index contributed by atoms with van der Waals surface area (Å²) in [5.41, 5.74) is 2.07. The molecule has 57 valence electrons. The van der Waals surface area contributed by atoms with Gasteiger partial charge in [0.25, 0.3) is 0 Å². The van der Waals surface area contributed by atoms with Crippen LogP contribution in [0.4, 0.5) is 0 Å². The highest BCUT2D eigenvalue weighted by atomic mass is 16.4. The monoisotopic (exact) mass is 149 g/mol. The molecule has 0 aliphatic carbocycles. The van der Waals surface area contributed by atoms with Gasteiger partial charge in [0, 0.05) is 0 Å². The first kappa shape index (κ1) is 7.79. The van der Waals surface area contributed by atoms with Crippen LogP contribution in [-0.2, 0) is 0 Å². The molecule has 1 N–H and O–H groups in total. The van der Waals surface area contributed by atoms with E-state index in [1.807, 2.05) is 6.92 Å². The van der Waals surface area contributed by atoms with Crippen LogP contribution in [0, 0.1) is 13.8 Å². The smallest absolute Gasteiger partial charge is 0.335 e. The summed E-state index contributed by atoms with van der Waals surface area (Å²) in [6, 6.07) is 4.90. The first-order chi connectivity index (χ1) is 5.11. The van der Waals surface area contributed by atoms with Crippen molar-refractivity contribution in [1.82, 2.24) is 0 Å². The fourth-order valence-corrected chi connectivity index (χ4v) is 0.804. The van der Waals surface area contributed by atoms with Crippen LogP contribution in [0.25, 0.3) is 0 Å². The average Bonchev–Trinajstić information content (AvgIpc) is 1.94. The van der Waals surface area contributed by atoms with Crippen molar-refractivity contribution in [3.63, 3.8) is 0 Å². The summed E-state index contributed by atoms with van der Waals surface area (Å²) in [5, 5.41) is 8.57. The van der Waals surface area contributed by atoms with Gasteiger partial charge in [-0.25, -0.2) is 4.79 Å². The van der Waals surface area contributed by atoms with E-state index in [0.717, 1.165) is 11.1 Å². The van der Waals surface area contributed by atoms with Crippen molar-refractivity contribution >= 4 is 5.97 Å². The predicted octanol–water partition coefficient (Wildman–Crippen LogP) is 1.88. The summed E-state index contributed by atoms with van der Waals surface area (Å²) >= 11 is 0. The van der Waals surface area contributed by atoms with Crippen molar-refractivity contribution in [2.75, 3.05) is 0 Å². The van der Waals surface area contributed by atoms with Crippen LogP contribution in [0.15, 0.2) is 18.2 Å². The van der Waals surface area contributed by atoms with Gasteiger partial charge in [-0.3, -0.25) is 0 Å². The molecule has 0 amide bonds. The van der Waals surface area contributed by atoms with E-state index in [0.29, 0.717) is 5.56 Å². The second-order valence-electron chi connectivity index (χ2n) is 2.45. The number of carboxylic acids is 1. The molecule has 11 heavy (non-hydrogen) atoms. The highest BCUT2D eigenvalue weighted by molar-refractivity contribution is 5.87. The predicted molar refractivity (Wildman–Crippen MR) is 42.6 cm³/mol. The minimum absolute atomic E-state index is 0.292. The number of hydrogen-bond acceptors (Lipinski definition) is 1. The third-order valence-electron chi connectivity index (χ3n) is 1.60. The minimum atomic E-state index is -0.908. The lowest BCUT2D eigenvalue weighted by molar-refractivity contribution is 0.0697. The molecule has 1 aromatic rings. The molecule has 2 heteroatoms. The lowest BCUT2D eigenvalue weighted by Gasteiger charge is -1.99. The van der Waals surface area contributed by atoms with E-state index < -0.39 is 5.97 Å². The first-order valence-corrected chi connectivity index (χ1v) is 3.27. The van der Waals surface area contributed by atoms with Gasteiger partial charge in [0.1, 0.15) is 0 Å². The van der Waals surface area contributed by atoms with Crippen LogP contribution >= 0.6 is 0 Å². The third kappa shape index (κ3) is 1.58. The van der Waals surface area contributed by atoms with Gasteiger partial charge in [0.15, 0.2) is 0 Å². The molecule has 1 rings (SSSR count).